The Morgan fingerprint density at radius 1 is 1.19 bits per heavy atom. The SMILES string of the molecule is CN(CCN1CCCC1)Cc1ccc(CNC(C)(C)C)o1. The number of furan rings is 1. The van der Waals surface area contributed by atoms with Crippen LogP contribution in [-0.4, -0.2) is 48.6 Å². The Balaban J connectivity index is 1.70. The van der Waals surface area contributed by atoms with E-state index in [2.05, 4.69) is 55.1 Å². The highest BCUT2D eigenvalue weighted by atomic mass is 16.3. The van der Waals surface area contributed by atoms with Crippen molar-refractivity contribution in [1.29, 1.82) is 0 Å². The van der Waals surface area contributed by atoms with Crippen molar-refractivity contribution in [3.63, 3.8) is 0 Å². The lowest BCUT2D eigenvalue weighted by Crippen LogP contribution is -2.34. The second-order valence-corrected chi connectivity index (χ2v) is 7.26. The fourth-order valence-electron chi connectivity index (χ4n) is 2.62. The zero-order valence-corrected chi connectivity index (χ0v) is 14.1. The van der Waals surface area contributed by atoms with Gasteiger partial charge in [0.1, 0.15) is 11.5 Å². The summed E-state index contributed by atoms with van der Waals surface area (Å²) in [6.07, 6.45) is 2.73. The van der Waals surface area contributed by atoms with E-state index in [0.29, 0.717) is 0 Å². The van der Waals surface area contributed by atoms with Gasteiger partial charge in [0.05, 0.1) is 13.1 Å². The zero-order valence-electron chi connectivity index (χ0n) is 14.1. The van der Waals surface area contributed by atoms with Gasteiger partial charge in [0, 0.05) is 18.6 Å². The van der Waals surface area contributed by atoms with E-state index in [0.717, 1.165) is 31.2 Å². The van der Waals surface area contributed by atoms with Crippen molar-refractivity contribution in [2.45, 2.75) is 52.2 Å². The molecule has 1 saturated heterocycles. The van der Waals surface area contributed by atoms with Gasteiger partial charge in [-0.3, -0.25) is 4.90 Å². The van der Waals surface area contributed by atoms with Crippen LogP contribution in [0.2, 0.25) is 0 Å². The van der Waals surface area contributed by atoms with Gasteiger partial charge in [-0.2, -0.15) is 0 Å². The molecule has 0 aromatic carbocycles. The molecule has 4 heteroatoms. The van der Waals surface area contributed by atoms with Crippen LogP contribution < -0.4 is 5.32 Å². The summed E-state index contributed by atoms with van der Waals surface area (Å²) in [7, 11) is 2.17. The first kappa shape index (κ1) is 16.5. The molecule has 0 aliphatic carbocycles. The van der Waals surface area contributed by atoms with Crippen LogP contribution in [0.5, 0.6) is 0 Å². The molecule has 1 aromatic heterocycles. The van der Waals surface area contributed by atoms with E-state index in [4.69, 9.17) is 4.42 Å². The van der Waals surface area contributed by atoms with Gasteiger partial charge in [-0.15, -0.1) is 0 Å². The van der Waals surface area contributed by atoms with Gasteiger partial charge in [0.25, 0.3) is 0 Å². The van der Waals surface area contributed by atoms with Crippen LogP contribution in [0.4, 0.5) is 0 Å². The van der Waals surface area contributed by atoms with Crippen molar-refractivity contribution < 1.29 is 4.42 Å². The first-order chi connectivity index (χ1) is 9.92. The van der Waals surface area contributed by atoms with E-state index >= 15 is 0 Å². The van der Waals surface area contributed by atoms with Crippen molar-refractivity contribution in [3.05, 3.63) is 23.7 Å². The molecule has 1 fully saturated rings. The van der Waals surface area contributed by atoms with Crippen molar-refractivity contribution in [3.8, 4) is 0 Å². The summed E-state index contributed by atoms with van der Waals surface area (Å²) < 4.78 is 5.90. The molecule has 2 rings (SSSR count). The minimum Gasteiger partial charge on any atom is -0.463 e. The molecular formula is C17H31N3O. The summed E-state index contributed by atoms with van der Waals surface area (Å²) in [5, 5.41) is 3.45. The minimum absolute atomic E-state index is 0.124. The van der Waals surface area contributed by atoms with Crippen LogP contribution in [0.1, 0.15) is 45.1 Å². The van der Waals surface area contributed by atoms with Crippen molar-refractivity contribution in [2.75, 3.05) is 33.2 Å². The van der Waals surface area contributed by atoms with Crippen LogP contribution in [-0.2, 0) is 13.1 Å². The summed E-state index contributed by atoms with van der Waals surface area (Å²) in [5.41, 5.74) is 0.124. The number of hydrogen-bond donors (Lipinski definition) is 1. The van der Waals surface area contributed by atoms with E-state index in [1.54, 1.807) is 0 Å². The topological polar surface area (TPSA) is 31.6 Å². The van der Waals surface area contributed by atoms with Crippen LogP contribution >= 0.6 is 0 Å². The van der Waals surface area contributed by atoms with E-state index < -0.39 is 0 Å². The minimum atomic E-state index is 0.124. The largest absolute Gasteiger partial charge is 0.463 e. The van der Waals surface area contributed by atoms with Gasteiger partial charge in [0.15, 0.2) is 0 Å². The van der Waals surface area contributed by atoms with Gasteiger partial charge < -0.3 is 14.6 Å². The third-order valence-electron chi connectivity index (χ3n) is 3.93. The Kier molecular flexibility index (Phi) is 5.85. The van der Waals surface area contributed by atoms with Gasteiger partial charge in [-0.1, -0.05) is 0 Å². The molecule has 4 nitrogen and oxygen atoms in total. The molecule has 1 N–H and O–H groups in total. The van der Waals surface area contributed by atoms with Crippen LogP contribution in [0.3, 0.4) is 0 Å². The monoisotopic (exact) mass is 293 g/mol. The van der Waals surface area contributed by atoms with Crippen molar-refractivity contribution >= 4 is 0 Å². The fourth-order valence-corrected chi connectivity index (χ4v) is 2.62. The van der Waals surface area contributed by atoms with Gasteiger partial charge in [-0.05, 0) is 65.9 Å². The van der Waals surface area contributed by atoms with Crippen LogP contribution in [0.15, 0.2) is 16.5 Å². The third-order valence-corrected chi connectivity index (χ3v) is 3.93. The van der Waals surface area contributed by atoms with Crippen molar-refractivity contribution in [2.24, 2.45) is 0 Å². The Morgan fingerprint density at radius 3 is 2.52 bits per heavy atom. The molecule has 0 spiro atoms. The number of nitrogens with one attached hydrogen (secondary N) is 1. The molecule has 0 unspecified atom stereocenters. The Hall–Kier alpha value is -0.840. The van der Waals surface area contributed by atoms with E-state index in [9.17, 15) is 0 Å². The van der Waals surface area contributed by atoms with Gasteiger partial charge >= 0.3 is 0 Å². The summed E-state index contributed by atoms with van der Waals surface area (Å²) in [4.78, 5) is 4.90. The standard InChI is InChI=1S/C17H31N3O/c1-17(2,3)18-13-15-7-8-16(21-15)14-19(4)11-12-20-9-5-6-10-20/h7-8,18H,5-6,9-14H2,1-4H3. The molecule has 120 valence electrons. The highest BCUT2D eigenvalue weighted by molar-refractivity contribution is 5.07. The Morgan fingerprint density at radius 2 is 1.86 bits per heavy atom. The number of hydrogen-bond acceptors (Lipinski definition) is 4. The summed E-state index contributed by atoms with van der Waals surface area (Å²) in [6.45, 7) is 13.0. The molecule has 1 aliphatic heterocycles. The summed E-state index contributed by atoms with van der Waals surface area (Å²) >= 11 is 0. The van der Waals surface area contributed by atoms with Gasteiger partial charge in [-0.25, -0.2) is 0 Å². The van der Waals surface area contributed by atoms with E-state index in [1.807, 2.05) is 0 Å². The molecule has 1 aromatic rings. The second kappa shape index (κ2) is 7.43. The highest BCUT2D eigenvalue weighted by Gasteiger charge is 2.13. The lowest BCUT2D eigenvalue weighted by Gasteiger charge is -2.20. The number of likely N-dealkylation sites (N-methyl/N-ethyl adjacent to an activating group) is 1. The molecule has 0 amide bonds. The maximum Gasteiger partial charge on any atom is 0.118 e. The maximum absolute atomic E-state index is 5.90. The lowest BCUT2D eigenvalue weighted by molar-refractivity contribution is 0.237. The molecule has 1 aliphatic rings. The predicted molar refractivity (Wildman–Crippen MR) is 87.3 cm³/mol. The van der Waals surface area contributed by atoms with Crippen LogP contribution in [0.25, 0.3) is 0 Å². The summed E-state index contributed by atoms with van der Waals surface area (Å²) in [6, 6.07) is 4.19. The smallest absolute Gasteiger partial charge is 0.118 e. The molecule has 0 radical (unpaired) electrons. The Bertz CT molecular complexity index is 416. The van der Waals surface area contributed by atoms with E-state index in [-0.39, 0.29) is 5.54 Å². The van der Waals surface area contributed by atoms with Crippen molar-refractivity contribution in [1.82, 2.24) is 15.1 Å². The third kappa shape index (κ3) is 6.20. The normalized spacial score (nSPS) is 17.0. The first-order valence-corrected chi connectivity index (χ1v) is 8.16. The molecule has 0 saturated carbocycles. The number of nitrogens with zero attached hydrogens (tertiary/aromatic N) is 2. The predicted octanol–water partition coefficient (Wildman–Crippen LogP) is 2.70. The van der Waals surface area contributed by atoms with Gasteiger partial charge in [0.2, 0.25) is 0 Å². The molecule has 0 bridgehead atoms. The Labute approximate surface area is 129 Å². The van der Waals surface area contributed by atoms with E-state index in [1.165, 1.54) is 32.5 Å². The highest BCUT2D eigenvalue weighted by Crippen LogP contribution is 2.12. The molecular weight excluding hydrogens is 262 g/mol. The van der Waals surface area contributed by atoms with Crippen LogP contribution in [0, 0.1) is 0 Å². The zero-order chi connectivity index (χ0) is 15.3. The quantitative estimate of drug-likeness (QED) is 0.837. The second-order valence-electron chi connectivity index (χ2n) is 7.26. The average Bonchev–Trinajstić information content (AvgIpc) is 3.04. The average molecular weight is 293 g/mol. The first-order valence-electron chi connectivity index (χ1n) is 8.16. The number of rotatable bonds is 7. The summed E-state index contributed by atoms with van der Waals surface area (Å²) in [5.74, 6) is 2.08. The molecule has 0 atom stereocenters. The number of likely N-dealkylation sites (tertiary alicyclic amines) is 1. The maximum atomic E-state index is 5.90. The lowest BCUT2D eigenvalue weighted by atomic mass is 10.1. The molecule has 2 heterocycles. The fraction of sp³-hybridized carbons (Fsp3) is 0.765. The molecule has 21 heavy (non-hydrogen) atoms.